The quantitative estimate of drug-likeness (QED) is 0.542. The summed E-state index contributed by atoms with van der Waals surface area (Å²) in [5.74, 6) is 0.802. The lowest BCUT2D eigenvalue weighted by Crippen LogP contribution is -2.13. The van der Waals surface area contributed by atoms with Crippen molar-refractivity contribution in [2.75, 3.05) is 56.9 Å². The van der Waals surface area contributed by atoms with E-state index in [2.05, 4.69) is 15.3 Å². The van der Waals surface area contributed by atoms with E-state index in [4.69, 9.17) is 25.7 Å². The lowest BCUT2D eigenvalue weighted by molar-refractivity contribution is 0.0400. The summed E-state index contributed by atoms with van der Waals surface area (Å²) in [6.45, 7) is 4.47. The first-order chi connectivity index (χ1) is 9.19. The fourth-order valence-corrected chi connectivity index (χ4v) is 1.33. The van der Waals surface area contributed by atoms with Crippen LogP contribution in [0.2, 0.25) is 0 Å². The first-order valence-corrected chi connectivity index (χ1v) is 6.08. The SMILES string of the molecule is CCOCCOCCOc1nc(N)nc(NC)c1N. The van der Waals surface area contributed by atoms with E-state index in [0.29, 0.717) is 44.5 Å². The first kappa shape index (κ1) is 15.3. The van der Waals surface area contributed by atoms with Crippen LogP contribution < -0.4 is 21.5 Å². The minimum Gasteiger partial charge on any atom is -0.474 e. The van der Waals surface area contributed by atoms with Gasteiger partial charge in [0.2, 0.25) is 11.8 Å². The largest absolute Gasteiger partial charge is 0.474 e. The molecule has 1 aromatic heterocycles. The Morgan fingerprint density at radius 2 is 1.74 bits per heavy atom. The van der Waals surface area contributed by atoms with Gasteiger partial charge in [-0.2, -0.15) is 9.97 Å². The molecule has 8 heteroatoms. The fourth-order valence-electron chi connectivity index (χ4n) is 1.33. The molecule has 0 radical (unpaired) electrons. The van der Waals surface area contributed by atoms with Gasteiger partial charge < -0.3 is 31.0 Å². The molecule has 1 rings (SSSR count). The number of nitrogens with zero attached hydrogens (tertiary/aromatic N) is 2. The number of nitrogen functional groups attached to an aromatic ring is 2. The Morgan fingerprint density at radius 1 is 1.05 bits per heavy atom. The van der Waals surface area contributed by atoms with Crippen molar-refractivity contribution in [3.05, 3.63) is 0 Å². The van der Waals surface area contributed by atoms with E-state index in [0.717, 1.165) is 0 Å². The van der Waals surface area contributed by atoms with Gasteiger partial charge >= 0.3 is 0 Å². The van der Waals surface area contributed by atoms with Crippen molar-refractivity contribution >= 4 is 17.5 Å². The average Bonchev–Trinajstić information content (AvgIpc) is 2.41. The summed E-state index contributed by atoms with van der Waals surface area (Å²) in [6.07, 6.45) is 0. The van der Waals surface area contributed by atoms with Crippen molar-refractivity contribution < 1.29 is 14.2 Å². The van der Waals surface area contributed by atoms with Gasteiger partial charge in [-0.3, -0.25) is 0 Å². The van der Waals surface area contributed by atoms with Gasteiger partial charge in [-0.1, -0.05) is 0 Å². The molecule has 0 fully saturated rings. The van der Waals surface area contributed by atoms with E-state index >= 15 is 0 Å². The molecule has 0 saturated heterocycles. The normalized spacial score (nSPS) is 10.4. The second-order valence-corrected chi connectivity index (χ2v) is 3.56. The van der Waals surface area contributed by atoms with Crippen molar-refractivity contribution in [2.45, 2.75) is 6.92 Å². The summed E-state index contributed by atoms with van der Waals surface area (Å²) >= 11 is 0. The number of nitrogens with one attached hydrogen (secondary N) is 1. The molecule has 1 aromatic rings. The molecule has 0 aromatic carbocycles. The molecule has 0 spiro atoms. The summed E-state index contributed by atoms with van der Waals surface area (Å²) in [5.41, 5.74) is 11.7. The third-order valence-electron chi connectivity index (χ3n) is 2.21. The summed E-state index contributed by atoms with van der Waals surface area (Å²) in [5, 5.41) is 2.82. The van der Waals surface area contributed by atoms with Gasteiger partial charge in [0.05, 0.1) is 19.8 Å². The maximum Gasteiger partial charge on any atom is 0.244 e. The Morgan fingerprint density at radius 3 is 2.42 bits per heavy atom. The Balaban J connectivity index is 2.35. The van der Waals surface area contributed by atoms with Gasteiger partial charge in [0.1, 0.15) is 12.3 Å². The van der Waals surface area contributed by atoms with Crippen LogP contribution in [-0.4, -0.2) is 50.1 Å². The third-order valence-corrected chi connectivity index (χ3v) is 2.21. The van der Waals surface area contributed by atoms with Crippen LogP contribution in [0.4, 0.5) is 17.5 Å². The molecular formula is C11H21N5O3. The predicted molar refractivity (Wildman–Crippen MR) is 73.2 cm³/mol. The summed E-state index contributed by atoms with van der Waals surface area (Å²) in [6, 6.07) is 0. The molecule has 0 saturated carbocycles. The zero-order valence-corrected chi connectivity index (χ0v) is 11.3. The van der Waals surface area contributed by atoms with Crippen LogP contribution in [0.5, 0.6) is 5.88 Å². The molecule has 108 valence electrons. The smallest absolute Gasteiger partial charge is 0.244 e. The number of nitrogens with two attached hydrogens (primary N) is 2. The van der Waals surface area contributed by atoms with E-state index in [1.165, 1.54) is 0 Å². The van der Waals surface area contributed by atoms with Crippen LogP contribution in [-0.2, 0) is 9.47 Å². The molecule has 1 heterocycles. The Bertz CT molecular complexity index is 389. The lowest BCUT2D eigenvalue weighted by Gasteiger charge is -2.11. The summed E-state index contributed by atoms with van der Waals surface area (Å²) in [7, 11) is 1.69. The molecule has 0 aliphatic rings. The summed E-state index contributed by atoms with van der Waals surface area (Å²) in [4.78, 5) is 7.86. The van der Waals surface area contributed by atoms with Crippen molar-refractivity contribution in [2.24, 2.45) is 0 Å². The lowest BCUT2D eigenvalue weighted by atomic mass is 10.4. The highest BCUT2D eigenvalue weighted by molar-refractivity contribution is 5.68. The van der Waals surface area contributed by atoms with Crippen molar-refractivity contribution in [3.8, 4) is 5.88 Å². The highest BCUT2D eigenvalue weighted by Gasteiger charge is 2.10. The number of anilines is 3. The molecule has 0 aliphatic heterocycles. The average molecular weight is 271 g/mol. The van der Waals surface area contributed by atoms with Crippen molar-refractivity contribution in [1.82, 2.24) is 9.97 Å². The van der Waals surface area contributed by atoms with E-state index in [9.17, 15) is 0 Å². The van der Waals surface area contributed by atoms with Gasteiger partial charge in [0, 0.05) is 13.7 Å². The van der Waals surface area contributed by atoms with Crippen LogP contribution in [0.15, 0.2) is 0 Å². The molecule has 8 nitrogen and oxygen atoms in total. The maximum absolute atomic E-state index is 5.81. The van der Waals surface area contributed by atoms with E-state index in [-0.39, 0.29) is 11.8 Å². The molecule has 0 aliphatic carbocycles. The second kappa shape index (κ2) is 8.33. The third kappa shape index (κ3) is 5.14. The highest BCUT2D eigenvalue weighted by Crippen LogP contribution is 2.26. The van der Waals surface area contributed by atoms with Crippen LogP contribution in [0.25, 0.3) is 0 Å². The molecule has 0 amide bonds. The molecule has 5 N–H and O–H groups in total. The molecule has 0 unspecified atom stereocenters. The monoisotopic (exact) mass is 271 g/mol. The number of ether oxygens (including phenoxy) is 3. The molecular weight excluding hydrogens is 250 g/mol. The zero-order valence-electron chi connectivity index (χ0n) is 11.3. The van der Waals surface area contributed by atoms with Gasteiger partial charge in [0.25, 0.3) is 0 Å². The predicted octanol–water partition coefficient (Wildman–Crippen LogP) is 0.115. The van der Waals surface area contributed by atoms with E-state index < -0.39 is 0 Å². The Hall–Kier alpha value is -1.80. The minimum absolute atomic E-state index is 0.103. The number of aromatic nitrogens is 2. The first-order valence-electron chi connectivity index (χ1n) is 6.08. The van der Waals surface area contributed by atoms with Gasteiger partial charge in [-0.25, -0.2) is 0 Å². The van der Waals surface area contributed by atoms with Crippen molar-refractivity contribution in [1.29, 1.82) is 0 Å². The summed E-state index contributed by atoms with van der Waals surface area (Å²) < 4.78 is 15.8. The highest BCUT2D eigenvalue weighted by atomic mass is 16.5. The van der Waals surface area contributed by atoms with E-state index in [1.807, 2.05) is 6.92 Å². The number of hydrogen-bond acceptors (Lipinski definition) is 8. The Labute approximate surface area is 112 Å². The standard InChI is InChI=1S/C11H21N5O3/c1-3-17-4-5-18-6-7-19-10-8(12)9(14-2)15-11(13)16-10/h3-7,12H2,1-2H3,(H3,13,14,15,16). The Kier molecular flexibility index (Phi) is 6.69. The topological polar surface area (TPSA) is 118 Å². The molecule has 19 heavy (non-hydrogen) atoms. The van der Waals surface area contributed by atoms with Crippen LogP contribution in [0, 0.1) is 0 Å². The van der Waals surface area contributed by atoms with Crippen LogP contribution in [0.1, 0.15) is 6.92 Å². The minimum atomic E-state index is 0.103. The second-order valence-electron chi connectivity index (χ2n) is 3.56. The molecule has 0 atom stereocenters. The zero-order chi connectivity index (χ0) is 14.1. The molecule has 0 bridgehead atoms. The van der Waals surface area contributed by atoms with Gasteiger partial charge in [-0.15, -0.1) is 0 Å². The maximum atomic E-state index is 5.81. The van der Waals surface area contributed by atoms with Crippen molar-refractivity contribution in [3.63, 3.8) is 0 Å². The van der Waals surface area contributed by atoms with E-state index in [1.54, 1.807) is 7.05 Å². The van der Waals surface area contributed by atoms with Crippen LogP contribution in [0.3, 0.4) is 0 Å². The van der Waals surface area contributed by atoms with Crippen LogP contribution >= 0.6 is 0 Å². The fraction of sp³-hybridized carbons (Fsp3) is 0.636. The number of hydrogen-bond donors (Lipinski definition) is 3. The van der Waals surface area contributed by atoms with Gasteiger partial charge in [0.15, 0.2) is 5.82 Å². The number of rotatable bonds is 9. The van der Waals surface area contributed by atoms with Gasteiger partial charge in [-0.05, 0) is 6.92 Å².